The number of benzene rings is 1. The van der Waals surface area contributed by atoms with Gasteiger partial charge in [0.15, 0.2) is 0 Å². The van der Waals surface area contributed by atoms with Gasteiger partial charge in [-0.1, -0.05) is 25.5 Å². The summed E-state index contributed by atoms with van der Waals surface area (Å²) in [5.74, 6) is 0.501. The van der Waals surface area contributed by atoms with Crippen molar-refractivity contribution in [2.75, 3.05) is 13.1 Å². The fourth-order valence-corrected chi connectivity index (χ4v) is 3.11. The van der Waals surface area contributed by atoms with E-state index in [2.05, 4.69) is 20.4 Å². The molecule has 1 aromatic heterocycles. The lowest BCUT2D eigenvalue weighted by molar-refractivity contribution is -0.127. The lowest BCUT2D eigenvalue weighted by Gasteiger charge is -2.33. The Bertz CT molecular complexity index is 695. The molecule has 0 unspecified atom stereocenters. The third-order valence-corrected chi connectivity index (χ3v) is 4.41. The summed E-state index contributed by atoms with van der Waals surface area (Å²) >= 11 is 0. The highest BCUT2D eigenvalue weighted by Crippen LogP contribution is 2.25. The maximum Gasteiger partial charge on any atom is 0.242 e. The van der Waals surface area contributed by atoms with Crippen molar-refractivity contribution in [3.8, 4) is 0 Å². The van der Waals surface area contributed by atoms with Crippen LogP contribution in [-0.4, -0.2) is 34.1 Å². The van der Waals surface area contributed by atoms with E-state index >= 15 is 0 Å². The minimum Gasteiger partial charge on any atom is -0.423 e. The minimum atomic E-state index is -0.436. The van der Waals surface area contributed by atoms with Crippen LogP contribution < -0.4 is 5.32 Å². The number of aromatic nitrogens is 2. The number of carbonyl (C=O) groups excluding carboxylic acids is 1. The zero-order valence-corrected chi connectivity index (χ0v) is 14.4. The van der Waals surface area contributed by atoms with Crippen LogP contribution in [0.1, 0.15) is 49.6 Å². The van der Waals surface area contributed by atoms with Crippen molar-refractivity contribution in [3.63, 3.8) is 0 Å². The van der Waals surface area contributed by atoms with Gasteiger partial charge in [0, 0.05) is 6.42 Å². The van der Waals surface area contributed by atoms with E-state index in [0.717, 1.165) is 31.5 Å². The van der Waals surface area contributed by atoms with Gasteiger partial charge < -0.3 is 9.73 Å². The van der Waals surface area contributed by atoms with Crippen molar-refractivity contribution < 1.29 is 13.6 Å². The molecule has 7 heteroatoms. The Morgan fingerprint density at radius 3 is 2.52 bits per heavy atom. The molecule has 1 saturated heterocycles. The molecule has 2 aromatic rings. The predicted octanol–water partition coefficient (Wildman–Crippen LogP) is 2.61. The zero-order valence-electron chi connectivity index (χ0n) is 14.4. The molecule has 1 N–H and O–H groups in total. The number of carbonyl (C=O) groups is 1. The highest BCUT2D eigenvalue weighted by Gasteiger charge is 2.28. The summed E-state index contributed by atoms with van der Waals surface area (Å²) in [7, 11) is 0. The zero-order chi connectivity index (χ0) is 17.6. The van der Waals surface area contributed by atoms with Crippen LogP contribution in [-0.2, 0) is 17.8 Å². The van der Waals surface area contributed by atoms with E-state index in [4.69, 9.17) is 4.42 Å². The van der Waals surface area contributed by atoms with Crippen LogP contribution in [0.15, 0.2) is 28.7 Å². The molecule has 0 radical (unpaired) electrons. The SMILES string of the molecule is CCc1nnc(CNC(=O)[C@@H](c2ccc(F)cc2)N2CCCCC2)o1. The van der Waals surface area contributed by atoms with Crippen molar-refractivity contribution >= 4 is 5.91 Å². The van der Waals surface area contributed by atoms with Gasteiger partial charge in [0.25, 0.3) is 0 Å². The normalized spacial score (nSPS) is 16.6. The van der Waals surface area contributed by atoms with E-state index in [1.807, 2.05) is 6.92 Å². The highest BCUT2D eigenvalue weighted by molar-refractivity contribution is 5.83. The molecule has 1 aromatic carbocycles. The first-order valence-corrected chi connectivity index (χ1v) is 8.76. The fraction of sp³-hybridized carbons (Fsp3) is 0.500. The summed E-state index contributed by atoms with van der Waals surface area (Å²) in [5.41, 5.74) is 0.792. The van der Waals surface area contributed by atoms with Crippen LogP contribution in [0.4, 0.5) is 4.39 Å². The first-order valence-electron chi connectivity index (χ1n) is 8.76. The molecule has 0 spiro atoms. The molecule has 25 heavy (non-hydrogen) atoms. The summed E-state index contributed by atoms with van der Waals surface area (Å²) in [4.78, 5) is 15.0. The van der Waals surface area contributed by atoms with Crippen LogP contribution in [0.25, 0.3) is 0 Å². The number of aryl methyl sites for hydroxylation is 1. The van der Waals surface area contributed by atoms with E-state index in [-0.39, 0.29) is 18.3 Å². The number of nitrogens with one attached hydrogen (secondary N) is 1. The first kappa shape index (κ1) is 17.5. The molecular weight excluding hydrogens is 323 g/mol. The summed E-state index contributed by atoms with van der Waals surface area (Å²) < 4.78 is 18.7. The Hall–Kier alpha value is -2.28. The molecule has 1 fully saturated rings. The summed E-state index contributed by atoms with van der Waals surface area (Å²) in [6, 6.07) is 5.71. The molecule has 1 aliphatic heterocycles. The largest absolute Gasteiger partial charge is 0.423 e. The van der Waals surface area contributed by atoms with E-state index in [9.17, 15) is 9.18 Å². The number of hydrogen-bond acceptors (Lipinski definition) is 5. The molecule has 1 aliphatic rings. The van der Waals surface area contributed by atoms with Gasteiger partial charge in [-0.05, 0) is 43.6 Å². The molecule has 0 aliphatic carbocycles. The molecule has 134 valence electrons. The average Bonchev–Trinajstić information content (AvgIpc) is 3.11. The molecule has 6 nitrogen and oxygen atoms in total. The number of halogens is 1. The van der Waals surface area contributed by atoms with Crippen molar-refractivity contribution in [1.82, 2.24) is 20.4 Å². The Balaban J connectivity index is 1.72. The third-order valence-electron chi connectivity index (χ3n) is 4.41. The van der Waals surface area contributed by atoms with Crippen molar-refractivity contribution in [2.24, 2.45) is 0 Å². The van der Waals surface area contributed by atoms with Crippen molar-refractivity contribution in [2.45, 2.75) is 45.2 Å². The van der Waals surface area contributed by atoms with Gasteiger partial charge >= 0.3 is 0 Å². The van der Waals surface area contributed by atoms with Crippen LogP contribution in [0.5, 0.6) is 0 Å². The van der Waals surface area contributed by atoms with Crippen LogP contribution in [0.3, 0.4) is 0 Å². The number of rotatable bonds is 6. The van der Waals surface area contributed by atoms with Gasteiger partial charge in [-0.15, -0.1) is 10.2 Å². The van der Waals surface area contributed by atoms with Gasteiger partial charge in [0.2, 0.25) is 17.7 Å². The van der Waals surface area contributed by atoms with Gasteiger partial charge in [-0.2, -0.15) is 0 Å². The summed E-state index contributed by atoms with van der Waals surface area (Å²) in [6.07, 6.45) is 3.96. The van der Waals surface area contributed by atoms with Crippen LogP contribution in [0, 0.1) is 5.82 Å². The Kier molecular flexibility index (Phi) is 5.75. The standard InChI is InChI=1S/C18H23FN4O2/c1-2-15-21-22-16(25-15)12-20-18(24)17(23-10-4-3-5-11-23)13-6-8-14(19)9-7-13/h6-9,17H,2-5,10-12H2,1H3,(H,20,24)/t17-/m1/s1. The maximum absolute atomic E-state index is 13.3. The molecule has 0 saturated carbocycles. The topological polar surface area (TPSA) is 71.3 Å². The van der Waals surface area contributed by atoms with E-state index in [1.54, 1.807) is 12.1 Å². The van der Waals surface area contributed by atoms with Gasteiger partial charge in [0.05, 0.1) is 6.54 Å². The van der Waals surface area contributed by atoms with Crippen LogP contribution >= 0.6 is 0 Å². The van der Waals surface area contributed by atoms with E-state index in [1.165, 1.54) is 18.6 Å². The van der Waals surface area contributed by atoms with E-state index < -0.39 is 6.04 Å². The number of nitrogens with zero attached hydrogens (tertiary/aromatic N) is 3. The number of amides is 1. The highest BCUT2D eigenvalue weighted by atomic mass is 19.1. The molecule has 0 bridgehead atoms. The van der Waals surface area contributed by atoms with Crippen LogP contribution in [0.2, 0.25) is 0 Å². The quantitative estimate of drug-likeness (QED) is 0.870. The Morgan fingerprint density at radius 1 is 1.20 bits per heavy atom. The van der Waals surface area contributed by atoms with Gasteiger partial charge in [-0.3, -0.25) is 9.69 Å². The average molecular weight is 346 g/mol. The summed E-state index contributed by atoms with van der Waals surface area (Å²) in [6.45, 7) is 3.83. The second-order valence-electron chi connectivity index (χ2n) is 6.21. The maximum atomic E-state index is 13.3. The molecule has 3 rings (SSSR count). The van der Waals surface area contributed by atoms with Crippen molar-refractivity contribution in [3.05, 3.63) is 47.4 Å². The van der Waals surface area contributed by atoms with E-state index in [0.29, 0.717) is 18.2 Å². The van der Waals surface area contributed by atoms with Gasteiger partial charge in [-0.25, -0.2) is 4.39 Å². The lowest BCUT2D eigenvalue weighted by Crippen LogP contribution is -2.42. The first-order chi connectivity index (χ1) is 12.2. The molecule has 2 heterocycles. The van der Waals surface area contributed by atoms with Gasteiger partial charge in [0.1, 0.15) is 11.9 Å². The smallest absolute Gasteiger partial charge is 0.242 e. The number of piperidine rings is 1. The van der Waals surface area contributed by atoms with Crippen molar-refractivity contribution in [1.29, 1.82) is 0 Å². The minimum absolute atomic E-state index is 0.134. The fourth-order valence-electron chi connectivity index (χ4n) is 3.11. The number of hydrogen-bond donors (Lipinski definition) is 1. The second kappa shape index (κ2) is 8.20. The second-order valence-corrected chi connectivity index (χ2v) is 6.21. The predicted molar refractivity (Wildman–Crippen MR) is 90.1 cm³/mol. The molecular formula is C18H23FN4O2. The summed E-state index contributed by atoms with van der Waals surface area (Å²) in [5, 5.41) is 10.7. The Labute approximate surface area is 146 Å². The lowest BCUT2D eigenvalue weighted by atomic mass is 10.0. The monoisotopic (exact) mass is 346 g/mol. The number of likely N-dealkylation sites (tertiary alicyclic amines) is 1. The third kappa shape index (κ3) is 4.42. The Morgan fingerprint density at radius 2 is 1.88 bits per heavy atom. The molecule has 1 amide bonds. The molecule has 1 atom stereocenters.